The minimum Gasteiger partial charge on any atom is -0.350 e. The molecule has 0 bridgehead atoms. The van der Waals surface area contributed by atoms with Gasteiger partial charge in [0.25, 0.3) is 5.91 Å². The molecule has 1 aromatic rings. The molecule has 4 atom stereocenters. The van der Waals surface area contributed by atoms with E-state index in [-0.39, 0.29) is 24.0 Å². The Morgan fingerprint density at radius 1 is 1.12 bits per heavy atom. The molecule has 4 aliphatic rings. The minimum atomic E-state index is -4.60. The molecule has 15 heteroatoms. The molecule has 2 aliphatic carbocycles. The molecule has 220 valence electrons. The lowest BCUT2D eigenvalue weighted by Crippen LogP contribution is -2.57. The van der Waals surface area contributed by atoms with Crippen LogP contribution in [0.5, 0.6) is 0 Å². The average molecular weight is 604 g/mol. The number of sulfonamides is 1. The van der Waals surface area contributed by atoms with Gasteiger partial charge in [0.05, 0.1) is 5.25 Å². The number of alkyl halides is 3. The molecule has 10 nitrogen and oxygen atoms in total. The summed E-state index contributed by atoms with van der Waals surface area (Å²) in [4.78, 5) is 45.4. The molecule has 0 radical (unpaired) electrons. The lowest BCUT2D eigenvalue weighted by molar-refractivity contribution is -0.140. The summed E-state index contributed by atoms with van der Waals surface area (Å²) in [6.07, 6.45) is 4.46. The number of fused-ring (bicyclic) bond motifs is 2. The van der Waals surface area contributed by atoms with E-state index in [0.29, 0.717) is 44.9 Å². The van der Waals surface area contributed by atoms with E-state index in [0.717, 1.165) is 29.6 Å². The third kappa shape index (κ3) is 6.14. The Labute approximate surface area is 234 Å². The van der Waals surface area contributed by atoms with E-state index in [1.54, 1.807) is 0 Å². The van der Waals surface area contributed by atoms with Gasteiger partial charge >= 0.3 is 6.18 Å². The Morgan fingerprint density at radius 3 is 2.60 bits per heavy atom. The topological polar surface area (TPSA) is 138 Å². The van der Waals surface area contributed by atoms with E-state index in [4.69, 9.17) is 0 Å². The number of thiazole rings is 1. The summed E-state index contributed by atoms with van der Waals surface area (Å²) in [5, 5.41) is 5.90. The van der Waals surface area contributed by atoms with Gasteiger partial charge in [-0.05, 0) is 51.4 Å². The number of nitrogens with zero attached hydrogens (tertiary/aromatic N) is 2. The van der Waals surface area contributed by atoms with Crippen LogP contribution < -0.4 is 15.4 Å². The van der Waals surface area contributed by atoms with E-state index >= 15 is 0 Å². The zero-order valence-corrected chi connectivity index (χ0v) is 23.3. The lowest BCUT2D eigenvalue weighted by atomic mass is 10.1. The van der Waals surface area contributed by atoms with Crippen LogP contribution in [0.2, 0.25) is 0 Å². The predicted molar refractivity (Wildman–Crippen MR) is 141 cm³/mol. The average Bonchev–Trinajstić information content (AvgIpc) is 3.74. The number of carbonyl (C=O) groups excluding carboxylic acids is 3. The van der Waals surface area contributed by atoms with Crippen molar-refractivity contribution in [3.63, 3.8) is 0 Å². The SMILES string of the molecule is O=C1NC2(C(=O)NS(=O)(=O)C3CC3)CC2/C=C\CCCCCC(Nc2nc(C(F)(F)F)cs2)C(=O)N2CCCC12. The first-order valence-electron chi connectivity index (χ1n) is 13.6. The quantitative estimate of drug-likeness (QED) is 0.440. The second-order valence-electron chi connectivity index (χ2n) is 10.9. The maximum Gasteiger partial charge on any atom is 0.434 e. The van der Waals surface area contributed by atoms with E-state index in [9.17, 15) is 36.0 Å². The van der Waals surface area contributed by atoms with Gasteiger partial charge < -0.3 is 15.5 Å². The molecule has 2 saturated carbocycles. The fraction of sp³-hybridized carbons (Fsp3) is 0.680. The molecule has 1 saturated heterocycles. The number of amides is 3. The fourth-order valence-corrected chi connectivity index (χ4v) is 7.53. The van der Waals surface area contributed by atoms with Crippen molar-refractivity contribution >= 4 is 44.2 Å². The maximum absolute atomic E-state index is 13.7. The zero-order chi connectivity index (χ0) is 28.7. The van der Waals surface area contributed by atoms with Crippen molar-refractivity contribution in [2.75, 3.05) is 11.9 Å². The van der Waals surface area contributed by atoms with Crippen LogP contribution in [-0.4, -0.2) is 65.4 Å². The van der Waals surface area contributed by atoms with Gasteiger partial charge in [-0.3, -0.25) is 19.1 Å². The van der Waals surface area contributed by atoms with Gasteiger partial charge in [-0.15, -0.1) is 11.3 Å². The summed E-state index contributed by atoms with van der Waals surface area (Å²) in [5.74, 6) is -2.12. The van der Waals surface area contributed by atoms with Crippen LogP contribution in [0, 0.1) is 5.92 Å². The highest BCUT2D eigenvalue weighted by atomic mass is 32.2. The summed E-state index contributed by atoms with van der Waals surface area (Å²) in [5.41, 5.74) is -2.46. The number of carbonyl (C=O) groups is 3. The molecular formula is C25H32F3N5O5S2. The van der Waals surface area contributed by atoms with Gasteiger partial charge in [0.15, 0.2) is 10.8 Å². The molecule has 1 aromatic heterocycles. The van der Waals surface area contributed by atoms with Crippen LogP contribution in [0.1, 0.15) is 69.9 Å². The Hall–Kier alpha value is -2.68. The van der Waals surface area contributed by atoms with Gasteiger partial charge in [-0.1, -0.05) is 25.0 Å². The first kappa shape index (κ1) is 28.8. The normalized spacial score (nSPS) is 30.8. The van der Waals surface area contributed by atoms with Gasteiger partial charge in [0.1, 0.15) is 17.6 Å². The van der Waals surface area contributed by atoms with E-state index in [1.807, 2.05) is 12.2 Å². The van der Waals surface area contributed by atoms with Crippen molar-refractivity contribution in [3.05, 3.63) is 23.2 Å². The second-order valence-corrected chi connectivity index (χ2v) is 13.8. The van der Waals surface area contributed by atoms with Gasteiger partial charge in [-0.25, -0.2) is 13.4 Å². The second kappa shape index (κ2) is 11.0. The Bertz CT molecular complexity index is 1300. The summed E-state index contributed by atoms with van der Waals surface area (Å²) < 4.78 is 66.3. The number of aromatic nitrogens is 1. The number of anilines is 1. The Kier molecular flexibility index (Phi) is 7.89. The summed E-state index contributed by atoms with van der Waals surface area (Å²) in [7, 11) is -3.82. The van der Waals surface area contributed by atoms with Crippen LogP contribution in [-0.2, 0) is 30.6 Å². The summed E-state index contributed by atoms with van der Waals surface area (Å²) in [6.45, 7) is 0.277. The standard InChI is InChI=1S/C25H32F3N5O5S2/c26-25(27,28)19-14-39-23(30-19)29-17-8-5-3-1-2-4-7-15-13-24(15,22(36)32-40(37,38)16-10-11-16)31-20(34)18-9-6-12-33(18)21(17)35/h4,7,14-18H,1-3,5-6,8-13H2,(H,29,30)(H,31,34)(H,32,36)/b7-4-. The first-order valence-corrected chi connectivity index (χ1v) is 16.0. The summed E-state index contributed by atoms with van der Waals surface area (Å²) in [6, 6.07) is -1.77. The number of hydrogen-bond donors (Lipinski definition) is 3. The van der Waals surface area contributed by atoms with Crippen LogP contribution in [0.15, 0.2) is 17.5 Å². The van der Waals surface area contributed by atoms with Crippen LogP contribution >= 0.6 is 11.3 Å². The van der Waals surface area contributed by atoms with E-state index < -0.39 is 62.5 Å². The molecule has 4 unspecified atom stereocenters. The monoisotopic (exact) mass is 603 g/mol. The predicted octanol–water partition coefficient (Wildman–Crippen LogP) is 2.94. The smallest absolute Gasteiger partial charge is 0.350 e. The summed E-state index contributed by atoms with van der Waals surface area (Å²) >= 11 is 0.760. The molecular weight excluding hydrogens is 571 g/mol. The maximum atomic E-state index is 13.7. The van der Waals surface area contributed by atoms with Crippen LogP contribution in [0.3, 0.4) is 0 Å². The lowest BCUT2D eigenvalue weighted by Gasteiger charge is -2.30. The van der Waals surface area contributed by atoms with Crippen molar-refractivity contribution in [3.8, 4) is 0 Å². The highest BCUT2D eigenvalue weighted by Crippen LogP contribution is 2.46. The highest BCUT2D eigenvalue weighted by molar-refractivity contribution is 7.91. The number of rotatable bonds is 5. The third-order valence-corrected chi connectivity index (χ3v) is 10.5. The van der Waals surface area contributed by atoms with Crippen molar-refractivity contribution in [1.29, 1.82) is 0 Å². The van der Waals surface area contributed by atoms with E-state index in [2.05, 4.69) is 20.3 Å². The van der Waals surface area contributed by atoms with Crippen LogP contribution in [0.4, 0.5) is 18.3 Å². The van der Waals surface area contributed by atoms with E-state index in [1.165, 1.54) is 4.90 Å². The fourth-order valence-electron chi connectivity index (χ4n) is 5.39. The Balaban J connectivity index is 1.36. The molecule has 3 amide bonds. The zero-order valence-electron chi connectivity index (χ0n) is 21.7. The molecule has 40 heavy (non-hydrogen) atoms. The van der Waals surface area contributed by atoms with Crippen molar-refractivity contribution in [1.82, 2.24) is 19.9 Å². The number of allylic oxidation sites excluding steroid dienone is 1. The minimum absolute atomic E-state index is 0.0277. The molecule has 0 spiro atoms. The number of halogens is 3. The van der Waals surface area contributed by atoms with Gasteiger partial charge in [0, 0.05) is 17.8 Å². The first-order chi connectivity index (χ1) is 18.9. The largest absolute Gasteiger partial charge is 0.434 e. The molecule has 0 aromatic carbocycles. The van der Waals surface area contributed by atoms with Gasteiger partial charge in [-0.2, -0.15) is 13.2 Å². The number of nitrogens with one attached hydrogen (secondary N) is 3. The number of hydrogen-bond acceptors (Lipinski definition) is 8. The molecule has 2 aliphatic heterocycles. The highest BCUT2D eigenvalue weighted by Gasteiger charge is 2.61. The Morgan fingerprint density at radius 2 is 1.90 bits per heavy atom. The molecule has 5 rings (SSSR count). The molecule has 3 N–H and O–H groups in total. The molecule has 3 heterocycles. The van der Waals surface area contributed by atoms with Crippen molar-refractivity contribution in [2.24, 2.45) is 5.92 Å². The molecule has 3 fully saturated rings. The van der Waals surface area contributed by atoms with Crippen molar-refractivity contribution < 1.29 is 36.0 Å². The van der Waals surface area contributed by atoms with Crippen molar-refractivity contribution in [2.45, 2.75) is 93.3 Å². The van der Waals surface area contributed by atoms with Crippen LogP contribution in [0.25, 0.3) is 0 Å². The van der Waals surface area contributed by atoms with Gasteiger partial charge in [0.2, 0.25) is 21.8 Å². The third-order valence-electron chi connectivity index (χ3n) is 7.93.